The zero-order valence-corrected chi connectivity index (χ0v) is 8.53. The average molecular weight is 249 g/mol. The monoisotopic (exact) mass is 249 g/mol. The predicted molar refractivity (Wildman–Crippen MR) is 56.8 cm³/mol. The molecular weight excluding hydrogens is 233 g/mol. The molecule has 8 heteroatoms. The molecule has 0 bridgehead atoms. The first-order chi connectivity index (χ1) is 6.55. The van der Waals surface area contributed by atoms with Crippen LogP contribution in [0.15, 0.2) is 0 Å². The molecule has 0 aromatic heterocycles. The minimum absolute atomic E-state index is 0. The molecule has 15 heavy (non-hydrogen) atoms. The van der Waals surface area contributed by atoms with Crippen molar-refractivity contribution in [2.75, 3.05) is 26.3 Å². The quantitative estimate of drug-likeness (QED) is 0.392. The van der Waals surface area contributed by atoms with Gasteiger partial charge in [-0.25, -0.2) is 0 Å². The fraction of sp³-hybridized carbons (Fsp3) is 1.00. The number of hydrogen-bond donors (Lipinski definition) is 3. The zero-order chi connectivity index (χ0) is 10.6. The summed E-state index contributed by atoms with van der Waals surface area (Å²) in [5.41, 5.74) is 0. The number of rotatable bonds is 4. The molecule has 0 aliphatic carbocycles. The predicted octanol–water partition coefficient (Wildman–Crippen LogP) is -2.03. The van der Waals surface area contributed by atoms with E-state index in [1.54, 1.807) is 0 Å². The number of ether oxygens (including phenoxy) is 1. The van der Waals surface area contributed by atoms with Crippen LogP contribution in [0.25, 0.3) is 0 Å². The Kier molecular flexibility index (Phi) is 7.56. The topological polar surface area (TPSA) is 95.9 Å². The Labute approximate surface area is 111 Å². The summed E-state index contributed by atoms with van der Waals surface area (Å²) >= 11 is 0. The van der Waals surface area contributed by atoms with Crippen molar-refractivity contribution in [1.82, 2.24) is 5.32 Å². The van der Waals surface area contributed by atoms with Gasteiger partial charge in [0.2, 0.25) is 0 Å². The molecule has 2 unspecified atom stereocenters. The third-order valence-corrected chi connectivity index (χ3v) is 3.47. The van der Waals surface area contributed by atoms with Crippen LogP contribution in [-0.4, -0.2) is 85.3 Å². The second-order valence-electron chi connectivity index (χ2n) is 3.18. The fourth-order valence-corrected chi connectivity index (χ4v) is 2.44. The first-order valence-corrected chi connectivity index (χ1v) is 5.95. The van der Waals surface area contributed by atoms with Gasteiger partial charge in [-0.3, -0.25) is 4.55 Å². The molecule has 1 saturated heterocycles. The van der Waals surface area contributed by atoms with E-state index in [-0.39, 0.29) is 42.6 Å². The van der Waals surface area contributed by atoms with E-state index in [9.17, 15) is 8.42 Å². The van der Waals surface area contributed by atoms with E-state index in [1.807, 2.05) is 0 Å². The SMILES string of the molecule is O=S(=O)(O)C(CCO)C1CNCCO1.[NaH]. The minimum atomic E-state index is -4.15. The molecule has 6 nitrogen and oxygen atoms in total. The molecule has 1 fully saturated rings. The standard InChI is InChI=1S/C7H15NO5S.Na.H/c9-3-1-7(14(10,11)12)6-5-8-2-4-13-6;;/h6-9H,1-5H2,(H,10,11,12);;. The Balaban J connectivity index is 0.00000196. The number of nitrogens with one attached hydrogen (secondary N) is 1. The molecule has 0 amide bonds. The normalized spacial score (nSPS) is 24.3. The van der Waals surface area contributed by atoms with Crippen molar-refractivity contribution in [3.05, 3.63) is 0 Å². The number of aliphatic hydroxyl groups is 1. The molecule has 3 N–H and O–H groups in total. The van der Waals surface area contributed by atoms with Gasteiger partial charge in [0.15, 0.2) is 0 Å². The molecule has 0 saturated carbocycles. The third-order valence-electron chi connectivity index (χ3n) is 2.17. The van der Waals surface area contributed by atoms with Crippen LogP contribution in [0.2, 0.25) is 0 Å². The van der Waals surface area contributed by atoms with Crippen molar-refractivity contribution in [1.29, 1.82) is 0 Å². The summed E-state index contributed by atoms with van der Waals surface area (Å²) < 4.78 is 36.0. The van der Waals surface area contributed by atoms with E-state index in [0.29, 0.717) is 19.7 Å². The Morgan fingerprint density at radius 3 is 2.60 bits per heavy atom. The van der Waals surface area contributed by atoms with Crippen LogP contribution in [0.5, 0.6) is 0 Å². The van der Waals surface area contributed by atoms with Crippen LogP contribution in [-0.2, 0) is 14.9 Å². The van der Waals surface area contributed by atoms with Crippen molar-refractivity contribution in [2.24, 2.45) is 0 Å². The Morgan fingerprint density at radius 1 is 1.53 bits per heavy atom. The van der Waals surface area contributed by atoms with Crippen LogP contribution >= 0.6 is 0 Å². The van der Waals surface area contributed by atoms with Crippen molar-refractivity contribution in [3.8, 4) is 0 Å². The maximum absolute atomic E-state index is 11.0. The van der Waals surface area contributed by atoms with E-state index in [2.05, 4.69) is 5.32 Å². The molecule has 0 radical (unpaired) electrons. The van der Waals surface area contributed by atoms with Gasteiger partial charge in [-0.1, -0.05) is 0 Å². The summed E-state index contributed by atoms with van der Waals surface area (Å²) in [6.45, 7) is 1.19. The molecule has 2 atom stereocenters. The van der Waals surface area contributed by atoms with Crippen LogP contribution in [0.3, 0.4) is 0 Å². The van der Waals surface area contributed by atoms with E-state index in [1.165, 1.54) is 0 Å². The summed E-state index contributed by atoms with van der Waals surface area (Å²) in [6.07, 6.45) is -0.587. The molecule has 1 aliphatic rings. The van der Waals surface area contributed by atoms with Crippen LogP contribution < -0.4 is 5.32 Å². The summed E-state index contributed by atoms with van der Waals surface area (Å²) in [5, 5.41) is 10.6. The molecule has 86 valence electrons. The van der Waals surface area contributed by atoms with E-state index < -0.39 is 21.5 Å². The van der Waals surface area contributed by atoms with Gasteiger partial charge in [-0.15, -0.1) is 0 Å². The second-order valence-corrected chi connectivity index (χ2v) is 4.81. The van der Waals surface area contributed by atoms with Gasteiger partial charge >= 0.3 is 29.6 Å². The number of morpholine rings is 1. The summed E-state index contributed by atoms with van der Waals surface area (Å²) in [6, 6.07) is 0. The van der Waals surface area contributed by atoms with Crippen molar-refractivity contribution >= 4 is 39.7 Å². The molecular formula is C7H16NNaO5S. The van der Waals surface area contributed by atoms with Gasteiger partial charge in [0.05, 0.1) is 12.7 Å². The van der Waals surface area contributed by atoms with Gasteiger partial charge in [0.1, 0.15) is 5.25 Å². The average Bonchev–Trinajstić information content (AvgIpc) is 2.14. The molecule has 0 aromatic carbocycles. The summed E-state index contributed by atoms with van der Waals surface area (Å²) in [4.78, 5) is 0. The Morgan fingerprint density at radius 2 is 2.20 bits per heavy atom. The van der Waals surface area contributed by atoms with E-state index >= 15 is 0 Å². The van der Waals surface area contributed by atoms with Gasteiger partial charge in [-0.05, 0) is 6.42 Å². The van der Waals surface area contributed by atoms with Gasteiger partial charge < -0.3 is 15.2 Å². The van der Waals surface area contributed by atoms with E-state index in [0.717, 1.165) is 0 Å². The van der Waals surface area contributed by atoms with E-state index in [4.69, 9.17) is 14.4 Å². The van der Waals surface area contributed by atoms with Crippen LogP contribution in [0, 0.1) is 0 Å². The van der Waals surface area contributed by atoms with Gasteiger partial charge in [0.25, 0.3) is 10.1 Å². The van der Waals surface area contributed by atoms with Gasteiger partial charge in [-0.2, -0.15) is 8.42 Å². The first-order valence-electron chi connectivity index (χ1n) is 4.45. The van der Waals surface area contributed by atoms with Crippen molar-refractivity contribution < 1.29 is 22.8 Å². The number of hydrogen-bond acceptors (Lipinski definition) is 5. The Bertz CT molecular complexity index is 265. The molecule has 0 aromatic rings. The second kappa shape index (κ2) is 7.18. The molecule has 1 rings (SSSR count). The molecule has 1 aliphatic heterocycles. The molecule has 0 spiro atoms. The summed E-state index contributed by atoms with van der Waals surface area (Å²) in [5.74, 6) is 0. The summed E-state index contributed by atoms with van der Waals surface area (Å²) in [7, 11) is -4.15. The van der Waals surface area contributed by atoms with Crippen molar-refractivity contribution in [2.45, 2.75) is 17.8 Å². The third kappa shape index (κ3) is 5.10. The maximum atomic E-state index is 11.0. The number of aliphatic hydroxyl groups excluding tert-OH is 1. The Hall–Kier alpha value is 0.790. The molecule has 1 heterocycles. The fourth-order valence-electron chi connectivity index (χ4n) is 1.48. The van der Waals surface area contributed by atoms with Crippen LogP contribution in [0.1, 0.15) is 6.42 Å². The zero-order valence-electron chi connectivity index (χ0n) is 7.72. The first kappa shape index (κ1) is 15.8. The van der Waals surface area contributed by atoms with Gasteiger partial charge in [0, 0.05) is 19.7 Å². The van der Waals surface area contributed by atoms with Crippen molar-refractivity contribution in [3.63, 3.8) is 0 Å². The van der Waals surface area contributed by atoms with Crippen LogP contribution in [0.4, 0.5) is 0 Å².